The highest BCUT2D eigenvalue weighted by Crippen LogP contribution is 2.21. The third kappa shape index (κ3) is 2.91. The van der Waals surface area contributed by atoms with Gasteiger partial charge in [-0.3, -0.25) is 9.59 Å². The van der Waals surface area contributed by atoms with Crippen LogP contribution in [0.4, 0.5) is 0 Å². The minimum atomic E-state index is -0.424. The minimum absolute atomic E-state index is 0.216. The van der Waals surface area contributed by atoms with Crippen molar-refractivity contribution in [2.75, 3.05) is 19.7 Å². The van der Waals surface area contributed by atoms with E-state index in [0.717, 1.165) is 0 Å². The first-order valence-electron chi connectivity index (χ1n) is 6.94. The van der Waals surface area contributed by atoms with Gasteiger partial charge in [0, 0.05) is 19.5 Å². The number of nitrogens with zero attached hydrogens (tertiary/aromatic N) is 3. The van der Waals surface area contributed by atoms with Crippen molar-refractivity contribution in [3.05, 3.63) is 45.8 Å². The fraction of sp³-hybridized carbons (Fsp3) is 0.429. The van der Waals surface area contributed by atoms with Crippen molar-refractivity contribution < 1.29 is 13.9 Å². The van der Waals surface area contributed by atoms with Crippen molar-refractivity contribution in [2.45, 2.75) is 20.0 Å². The van der Waals surface area contributed by atoms with Crippen molar-refractivity contribution in [2.24, 2.45) is 0 Å². The van der Waals surface area contributed by atoms with E-state index < -0.39 is 6.10 Å². The number of nitrogens with one attached hydrogen (secondary N) is 1. The number of morpholine rings is 1. The number of H-pyrrole nitrogens is 1. The quantitative estimate of drug-likeness (QED) is 0.871. The molecule has 2 aromatic rings. The fourth-order valence-corrected chi connectivity index (χ4v) is 2.40. The molecule has 2 aromatic heterocycles. The van der Waals surface area contributed by atoms with Gasteiger partial charge < -0.3 is 19.0 Å². The predicted molar refractivity (Wildman–Crippen MR) is 75.4 cm³/mol. The van der Waals surface area contributed by atoms with Crippen LogP contribution in [0, 0.1) is 13.8 Å². The van der Waals surface area contributed by atoms with Gasteiger partial charge in [-0.25, -0.2) is 9.97 Å². The van der Waals surface area contributed by atoms with E-state index >= 15 is 0 Å². The van der Waals surface area contributed by atoms with Gasteiger partial charge in [0.05, 0.1) is 18.8 Å². The number of carbonyl (C=O) groups is 1. The molecule has 1 atom stereocenters. The van der Waals surface area contributed by atoms with Crippen LogP contribution < -0.4 is 5.56 Å². The molecule has 1 saturated heterocycles. The van der Waals surface area contributed by atoms with Gasteiger partial charge in [0.25, 0.3) is 11.5 Å². The molecule has 1 fully saturated rings. The van der Waals surface area contributed by atoms with E-state index in [1.807, 2.05) is 0 Å². The number of ether oxygens (including phenoxy) is 1. The zero-order valence-electron chi connectivity index (χ0n) is 12.3. The smallest absolute Gasteiger partial charge is 0.275 e. The van der Waals surface area contributed by atoms with Gasteiger partial charge in [0.15, 0.2) is 11.6 Å². The number of aromatic amines is 1. The molecular weight excluding hydrogens is 288 g/mol. The molecule has 1 aliphatic rings. The molecule has 0 radical (unpaired) electrons. The Balaban J connectivity index is 1.79. The van der Waals surface area contributed by atoms with Crippen LogP contribution in [0.1, 0.15) is 34.0 Å². The molecule has 3 rings (SSSR count). The minimum Gasteiger partial charge on any atom is -0.448 e. The number of amides is 1. The summed E-state index contributed by atoms with van der Waals surface area (Å²) in [6.07, 6.45) is 0.921. The van der Waals surface area contributed by atoms with Gasteiger partial charge in [-0.05, 0) is 6.92 Å². The zero-order valence-corrected chi connectivity index (χ0v) is 12.3. The van der Waals surface area contributed by atoms with Gasteiger partial charge in [0.2, 0.25) is 0 Å². The van der Waals surface area contributed by atoms with E-state index in [0.29, 0.717) is 37.1 Å². The van der Waals surface area contributed by atoms with E-state index in [1.54, 1.807) is 18.7 Å². The molecule has 22 heavy (non-hydrogen) atoms. The number of aryl methyl sites for hydroxylation is 2. The highest BCUT2D eigenvalue weighted by Gasteiger charge is 2.28. The summed E-state index contributed by atoms with van der Waals surface area (Å²) in [5.74, 6) is 0.744. The van der Waals surface area contributed by atoms with Gasteiger partial charge in [-0.15, -0.1) is 0 Å². The van der Waals surface area contributed by atoms with Crippen LogP contribution in [-0.4, -0.2) is 45.5 Å². The highest BCUT2D eigenvalue weighted by molar-refractivity contribution is 5.92. The molecule has 116 valence electrons. The Morgan fingerprint density at radius 3 is 2.91 bits per heavy atom. The Kier molecular flexibility index (Phi) is 3.76. The number of oxazole rings is 1. The molecule has 8 nitrogen and oxygen atoms in total. The van der Waals surface area contributed by atoms with Crippen LogP contribution in [0.5, 0.6) is 0 Å². The Labute approximate surface area is 126 Å². The molecule has 3 heterocycles. The number of aromatic nitrogens is 3. The van der Waals surface area contributed by atoms with Crippen molar-refractivity contribution in [1.82, 2.24) is 19.9 Å². The SMILES string of the molecule is Cc1nc(C2CN(C(=O)c3coc(C)n3)CCO2)cc(=O)[nH]1. The average Bonchev–Trinajstić information content (AvgIpc) is 2.92. The summed E-state index contributed by atoms with van der Waals surface area (Å²) in [5.41, 5.74) is 0.560. The first-order valence-corrected chi connectivity index (χ1v) is 6.94. The summed E-state index contributed by atoms with van der Waals surface area (Å²) in [6.45, 7) is 4.54. The van der Waals surface area contributed by atoms with E-state index in [4.69, 9.17) is 9.15 Å². The molecular formula is C14H16N4O4. The van der Waals surface area contributed by atoms with Crippen LogP contribution in [-0.2, 0) is 4.74 Å². The largest absolute Gasteiger partial charge is 0.448 e. The lowest BCUT2D eigenvalue weighted by Gasteiger charge is -2.32. The van der Waals surface area contributed by atoms with Crippen molar-refractivity contribution in [3.8, 4) is 0 Å². The number of rotatable bonds is 2. The first kappa shape index (κ1) is 14.5. The first-order chi connectivity index (χ1) is 10.5. The maximum absolute atomic E-state index is 12.4. The number of hydrogen-bond acceptors (Lipinski definition) is 6. The van der Waals surface area contributed by atoms with Crippen LogP contribution in [0.15, 0.2) is 21.5 Å². The van der Waals surface area contributed by atoms with Crippen molar-refractivity contribution >= 4 is 5.91 Å². The summed E-state index contributed by atoms with van der Waals surface area (Å²) in [5, 5.41) is 0. The maximum Gasteiger partial charge on any atom is 0.275 e. The monoisotopic (exact) mass is 304 g/mol. The van der Waals surface area contributed by atoms with E-state index in [-0.39, 0.29) is 17.2 Å². The lowest BCUT2D eigenvalue weighted by Crippen LogP contribution is -2.42. The van der Waals surface area contributed by atoms with Gasteiger partial charge in [-0.2, -0.15) is 0 Å². The zero-order chi connectivity index (χ0) is 15.7. The topological polar surface area (TPSA) is 101 Å². The Morgan fingerprint density at radius 2 is 2.23 bits per heavy atom. The molecule has 0 aliphatic carbocycles. The third-order valence-electron chi connectivity index (χ3n) is 3.40. The second-order valence-corrected chi connectivity index (χ2v) is 5.12. The van der Waals surface area contributed by atoms with Gasteiger partial charge in [0.1, 0.15) is 18.2 Å². The third-order valence-corrected chi connectivity index (χ3v) is 3.40. The fourth-order valence-electron chi connectivity index (χ4n) is 2.40. The molecule has 0 saturated carbocycles. The summed E-state index contributed by atoms with van der Waals surface area (Å²) < 4.78 is 10.7. The molecule has 8 heteroatoms. The summed E-state index contributed by atoms with van der Waals surface area (Å²) in [6, 6.07) is 1.39. The van der Waals surface area contributed by atoms with Gasteiger partial charge >= 0.3 is 0 Å². The molecule has 1 N–H and O–H groups in total. The standard InChI is InChI=1S/C14H16N4O4/c1-8-15-10(5-13(19)16-8)12-6-18(3-4-21-12)14(20)11-7-22-9(2)17-11/h5,7,12H,3-4,6H2,1-2H3,(H,15,16,19). The average molecular weight is 304 g/mol. The Bertz CT molecular complexity index is 751. The van der Waals surface area contributed by atoms with Crippen LogP contribution in [0.2, 0.25) is 0 Å². The second kappa shape index (κ2) is 5.72. The van der Waals surface area contributed by atoms with Crippen LogP contribution >= 0.6 is 0 Å². The summed E-state index contributed by atoms with van der Waals surface area (Å²) >= 11 is 0. The maximum atomic E-state index is 12.4. The Morgan fingerprint density at radius 1 is 1.41 bits per heavy atom. The van der Waals surface area contributed by atoms with Crippen molar-refractivity contribution in [1.29, 1.82) is 0 Å². The Hall–Kier alpha value is -2.48. The van der Waals surface area contributed by atoms with Crippen molar-refractivity contribution in [3.63, 3.8) is 0 Å². The summed E-state index contributed by atoms with van der Waals surface area (Å²) in [7, 11) is 0. The van der Waals surface area contributed by atoms with E-state index in [1.165, 1.54) is 12.3 Å². The summed E-state index contributed by atoms with van der Waals surface area (Å²) in [4.78, 5) is 36.5. The van der Waals surface area contributed by atoms with Gasteiger partial charge in [-0.1, -0.05) is 0 Å². The highest BCUT2D eigenvalue weighted by atomic mass is 16.5. The predicted octanol–water partition coefficient (Wildman–Crippen LogP) is 0.588. The normalized spacial score (nSPS) is 18.5. The lowest BCUT2D eigenvalue weighted by atomic mass is 10.2. The second-order valence-electron chi connectivity index (χ2n) is 5.12. The number of hydrogen-bond donors (Lipinski definition) is 1. The molecule has 0 bridgehead atoms. The van der Waals surface area contributed by atoms with Crippen LogP contribution in [0.3, 0.4) is 0 Å². The molecule has 1 amide bonds. The number of carbonyl (C=O) groups excluding carboxylic acids is 1. The molecule has 0 aromatic carbocycles. The lowest BCUT2D eigenvalue weighted by molar-refractivity contribution is -0.0250. The van der Waals surface area contributed by atoms with Crippen LogP contribution in [0.25, 0.3) is 0 Å². The van der Waals surface area contributed by atoms with E-state index in [2.05, 4.69) is 15.0 Å². The molecule has 1 unspecified atom stereocenters. The molecule has 0 spiro atoms. The van der Waals surface area contributed by atoms with E-state index in [9.17, 15) is 9.59 Å². The molecule has 1 aliphatic heterocycles.